The van der Waals surface area contributed by atoms with E-state index in [1.54, 1.807) is 4.90 Å². The number of hydrogen-bond donors (Lipinski definition) is 7. The number of nitrogens with two attached hydrogens (primary N) is 3. The van der Waals surface area contributed by atoms with Crippen LogP contribution in [0.4, 0.5) is 0 Å². The molecule has 5 rings (SSSR count). The first kappa shape index (κ1) is 19.1. The molecule has 1 aliphatic carbocycles. The number of nitrogens with one attached hydrogen (secondary N) is 3. The van der Waals surface area contributed by atoms with E-state index >= 15 is 0 Å². The van der Waals surface area contributed by atoms with Gasteiger partial charge in [0.15, 0.2) is 12.0 Å². The molecule has 0 aromatic heterocycles. The molecule has 0 radical (unpaired) electrons. The van der Waals surface area contributed by atoms with E-state index in [0.29, 0.717) is 18.1 Å². The van der Waals surface area contributed by atoms with Crippen LogP contribution in [0.3, 0.4) is 0 Å². The zero-order chi connectivity index (χ0) is 21.0. The van der Waals surface area contributed by atoms with Crippen LogP contribution >= 0.6 is 0 Å². The first-order chi connectivity index (χ1) is 14.5. The van der Waals surface area contributed by atoms with Crippen LogP contribution in [0.15, 0.2) is 23.2 Å². The average Bonchev–Trinajstić information content (AvgIpc) is 3.24. The van der Waals surface area contributed by atoms with E-state index in [2.05, 4.69) is 26.7 Å². The van der Waals surface area contributed by atoms with Gasteiger partial charge in [-0.25, -0.2) is 10.3 Å². The fourth-order valence-electron chi connectivity index (χ4n) is 5.55. The second-order valence-electron chi connectivity index (χ2n) is 8.56. The fraction of sp³-hybridized carbons (Fsp3) is 0.550. The van der Waals surface area contributed by atoms with Gasteiger partial charge in [-0.1, -0.05) is 12.1 Å². The number of rotatable bonds is 3. The standard InChI is InChI=1S/C20H28N8O2/c21-8-13-15-20(27-18(22)26-15)16(29)14(9-28(20)19(23)25-13)24-17(30)12-7-3-5-10-4-1-2-6-11(10)12/h3,5,7,13-16,29H,1-2,4,6,8-9,21H2,(H2,23,25)(H,24,30)(H3,22,26,27)/p+1/t13-,14?,15-,16+,20?/m0/s1. The smallest absolute Gasteiger partial charge is 0.343 e. The second-order valence-corrected chi connectivity index (χ2v) is 8.56. The summed E-state index contributed by atoms with van der Waals surface area (Å²) in [5, 5.41) is 17.5. The molecule has 4 aliphatic rings. The van der Waals surface area contributed by atoms with E-state index in [0.717, 1.165) is 31.2 Å². The molecule has 1 aromatic rings. The largest absolute Gasteiger partial charge is 0.385 e. The van der Waals surface area contributed by atoms with Crippen molar-refractivity contribution in [3.05, 3.63) is 34.9 Å². The van der Waals surface area contributed by atoms with Gasteiger partial charge in [-0.3, -0.25) is 15.5 Å². The fourth-order valence-corrected chi connectivity index (χ4v) is 5.55. The topological polar surface area (TPSA) is 169 Å². The van der Waals surface area contributed by atoms with Crippen LogP contribution in [0.5, 0.6) is 0 Å². The number of aliphatic hydroxyl groups is 1. The summed E-state index contributed by atoms with van der Waals surface area (Å²) >= 11 is 0. The highest BCUT2D eigenvalue weighted by Gasteiger charge is 2.68. The van der Waals surface area contributed by atoms with Crippen LogP contribution in [0, 0.1) is 0 Å². The van der Waals surface area contributed by atoms with Gasteiger partial charge in [0, 0.05) is 18.7 Å². The molecule has 5 atom stereocenters. The van der Waals surface area contributed by atoms with Gasteiger partial charge in [-0.15, -0.1) is 0 Å². The Labute approximate surface area is 174 Å². The van der Waals surface area contributed by atoms with Crippen molar-refractivity contribution in [3.63, 3.8) is 0 Å². The van der Waals surface area contributed by atoms with Crippen LogP contribution in [-0.4, -0.2) is 70.8 Å². The minimum absolute atomic E-state index is 0.181. The molecule has 10 heteroatoms. The first-order valence-electron chi connectivity index (χ1n) is 10.5. The quantitative estimate of drug-likeness (QED) is 0.265. The van der Waals surface area contributed by atoms with E-state index < -0.39 is 17.8 Å². The summed E-state index contributed by atoms with van der Waals surface area (Å²) in [5.74, 6) is 0.425. The van der Waals surface area contributed by atoms with Crippen molar-refractivity contribution in [1.29, 1.82) is 0 Å². The summed E-state index contributed by atoms with van der Waals surface area (Å²) in [6, 6.07) is 4.62. The van der Waals surface area contributed by atoms with Gasteiger partial charge in [-0.2, -0.15) is 0 Å². The molecule has 1 spiro atoms. The number of guanidine groups is 2. The number of carbonyl (C=O) groups is 1. The van der Waals surface area contributed by atoms with Crippen LogP contribution in [0.1, 0.15) is 34.3 Å². The highest BCUT2D eigenvalue weighted by Crippen LogP contribution is 2.35. The van der Waals surface area contributed by atoms with E-state index in [9.17, 15) is 9.90 Å². The number of nitrogens with zero attached hydrogens (tertiary/aromatic N) is 2. The monoisotopic (exact) mass is 413 g/mol. The lowest BCUT2D eigenvalue weighted by molar-refractivity contribution is -0.513. The Hall–Kier alpha value is -2.85. The molecule has 30 heavy (non-hydrogen) atoms. The third-order valence-corrected chi connectivity index (χ3v) is 6.94. The van der Waals surface area contributed by atoms with E-state index in [-0.39, 0.29) is 30.5 Å². The van der Waals surface area contributed by atoms with Gasteiger partial charge in [0.05, 0.1) is 6.04 Å². The predicted molar refractivity (Wildman–Crippen MR) is 111 cm³/mol. The molecule has 0 saturated carbocycles. The van der Waals surface area contributed by atoms with E-state index in [1.165, 1.54) is 5.56 Å². The lowest BCUT2D eigenvalue weighted by Crippen LogP contribution is -2.88. The summed E-state index contributed by atoms with van der Waals surface area (Å²) in [6.07, 6.45) is 3.16. The van der Waals surface area contributed by atoms with Crippen molar-refractivity contribution in [2.75, 3.05) is 13.1 Å². The lowest BCUT2D eigenvalue weighted by Gasteiger charge is -2.43. The van der Waals surface area contributed by atoms with Gasteiger partial charge in [-0.05, 0) is 42.9 Å². The first-order valence-corrected chi connectivity index (χ1v) is 10.5. The number of benzene rings is 1. The molecule has 0 bridgehead atoms. The van der Waals surface area contributed by atoms with Gasteiger partial charge in [0.1, 0.15) is 12.1 Å². The SMILES string of the molecule is NC[C@@H]1N=C(N)N2CC(NC(=O)c3cccc4c3CCCC4)[C@@H](O)C23NC(N)=[NH+][C@@H]13. The molecular weight excluding hydrogens is 384 g/mol. The highest BCUT2D eigenvalue weighted by atomic mass is 16.3. The molecule has 10 N–H and O–H groups in total. The van der Waals surface area contributed by atoms with Crippen LogP contribution in [-0.2, 0) is 12.8 Å². The minimum atomic E-state index is -1.01. The molecule has 160 valence electrons. The van der Waals surface area contributed by atoms with Crippen molar-refractivity contribution in [3.8, 4) is 0 Å². The van der Waals surface area contributed by atoms with Gasteiger partial charge in [0.2, 0.25) is 5.66 Å². The second kappa shape index (κ2) is 6.85. The maximum atomic E-state index is 13.2. The molecule has 1 aromatic carbocycles. The summed E-state index contributed by atoms with van der Waals surface area (Å²) < 4.78 is 0. The van der Waals surface area contributed by atoms with Crippen molar-refractivity contribution in [2.24, 2.45) is 22.2 Å². The lowest BCUT2D eigenvalue weighted by atomic mass is 9.87. The molecule has 2 unspecified atom stereocenters. The normalized spacial score (nSPS) is 34.3. The number of hydrogen-bond acceptors (Lipinski definition) is 8. The van der Waals surface area contributed by atoms with Gasteiger partial charge in [0.25, 0.3) is 5.91 Å². The summed E-state index contributed by atoms with van der Waals surface area (Å²) in [7, 11) is 0. The Morgan fingerprint density at radius 2 is 2.17 bits per heavy atom. The van der Waals surface area contributed by atoms with Crippen LogP contribution in [0.25, 0.3) is 0 Å². The Morgan fingerprint density at radius 1 is 1.37 bits per heavy atom. The highest BCUT2D eigenvalue weighted by molar-refractivity contribution is 5.96. The summed E-state index contributed by atoms with van der Waals surface area (Å²) in [4.78, 5) is 22.6. The predicted octanol–water partition coefficient (Wildman–Crippen LogP) is -3.94. The number of fused-ring (bicyclic) bond motifs is 1. The summed E-state index contributed by atoms with van der Waals surface area (Å²) in [6.45, 7) is 0.565. The number of carbonyl (C=O) groups excluding carboxylic acids is 1. The average molecular weight is 414 g/mol. The van der Waals surface area contributed by atoms with Crippen molar-refractivity contribution in [1.82, 2.24) is 15.5 Å². The summed E-state index contributed by atoms with van der Waals surface area (Å²) in [5.41, 5.74) is 20.2. The molecular formula is C20H29N8O2+. The van der Waals surface area contributed by atoms with Gasteiger partial charge >= 0.3 is 5.96 Å². The Kier molecular flexibility index (Phi) is 4.37. The van der Waals surface area contributed by atoms with Crippen molar-refractivity contribution >= 4 is 17.8 Å². The van der Waals surface area contributed by atoms with Crippen LogP contribution < -0.4 is 32.8 Å². The number of aryl methyl sites for hydroxylation is 1. The molecule has 1 saturated heterocycles. The van der Waals surface area contributed by atoms with E-state index in [4.69, 9.17) is 17.2 Å². The van der Waals surface area contributed by atoms with Crippen molar-refractivity contribution in [2.45, 2.75) is 55.6 Å². The molecule has 1 fully saturated rings. The molecule has 1 amide bonds. The number of aliphatic hydroxyl groups excluding tert-OH is 1. The van der Waals surface area contributed by atoms with Crippen molar-refractivity contribution < 1.29 is 14.9 Å². The van der Waals surface area contributed by atoms with E-state index in [1.807, 2.05) is 12.1 Å². The van der Waals surface area contributed by atoms with Crippen LogP contribution in [0.2, 0.25) is 0 Å². The van der Waals surface area contributed by atoms with Gasteiger partial charge < -0.3 is 26.8 Å². The molecule has 3 heterocycles. The zero-order valence-electron chi connectivity index (χ0n) is 16.8. The maximum Gasteiger partial charge on any atom is 0.343 e. The third kappa shape index (κ3) is 2.60. The molecule has 3 aliphatic heterocycles. The zero-order valence-corrected chi connectivity index (χ0v) is 16.8. The maximum absolute atomic E-state index is 13.2. The Bertz CT molecular complexity index is 947. The number of aliphatic imine (C=N–C) groups is 1. The Balaban J connectivity index is 1.43. The minimum Gasteiger partial charge on any atom is -0.385 e. The molecule has 10 nitrogen and oxygen atoms in total. The Morgan fingerprint density at radius 3 is 2.97 bits per heavy atom. The third-order valence-electron chi connectivity index (χ3n) is 6.94. The number of amides is 1.